The van der Waals surface area contributed by atoms with Crippen molar-refractivity contribution in [2.24, 2.45) is 11.8 Å². The first kappa shape index (κ1) is 19.3. The molecule has 3 nitrogen and oxygen atoms in total. The molecule has 0 spiro atoms. The van der Waals surface area contributed by atoms with Gasteiger partial charge in [0.15, 0.2) is 0 Å². The highest BCUT2D eigenvalue weighted by Crippen LogP contribution is 2.40. The lowest BCUT2D eigenvalue weighted by molar-refractivity contribution is -0.137. The molecule has 2 aromatic carbocycles. The van der Waals surface area contributed by atoms with Gasteiger partial charge >= 0.3 is 6.18 Å². The number of nitrogens with zero attached hydrogens (tertiary/aromatic N) is 1. The summed E-state index contributed by atoms with van der Waals surface area (Å²) in [6.45, 7) is 0. The summed E-state index contributed by atoms with van der Waals surface area (Å²) in [5.74, 6) is 4.75. The van der Waals surface area contributed by atoms with E-state index in [-0.39, 0.29) is 29.2 Å². The second kappa shape index (κ2) is 7.40. The van der Waals surface area contributed by atoms with Gasteiger partial charge in [0.2, 0.25) is 11.8 Å². The molecule has 1 saturated heterocycles. The minimum absolute atomic E-state index is 0.164. The van der Waals surface area contributed by atoms with Gasteiger partial charge in [-0.3, -0.25) is 14.5 Å². The standard InChI is InChI=1S/C23H18F3NO2/c24-23(25,26)17-7-3-5-15(13-17)11-12-16-6-4-8-18(14-16)27-21(28)19-9-1-2-10-20(19)22(27)29/h3-8,13-14,19-20H,1-2,9-10H2/t19-,20+. The van der Waals surface area contributed by atoms with Crippen LogP contribution < -0.4 is 4.90 Å². The van der Waals surface area contributed by atoms with Crippen molar-refractivity contribution in [1.29, 1.82) is 0 Å². The third kappa shape index (κ3) is 3.77. The van der Waals surface area contributed by atoms with E-state index in [1.165, 1.54) is 17.0 Å². The van der Waals surface area contributed by atoms with Crippen molar-refractivity contribution in [3.8, 4) is 11.8 Å². The molecule has 2 aliphatic rings. The number of benzene rings is 2. The Morgan fingerprint density at radius 3 is 1.97 bits per heavy atom. The summed E-state index contributed by atoms with van der Waals surface area (Å²) in [7, 11) is 0. The van der Waals surface area contributed by atoms with E-state index in [9.17, 15) is 22.8 Å². The molecule has 0 N–H and O–H groups in total. The van der Waals surface area contributed by atoms with Gasteiger partial charge in [0.1, 0.15) is 0 Å². The molecule has 1 heterocycles. The molecule has 2 aromatic rings. The first-order valence-corrected chi connectivity index (χ1v) is 9.52. The van der Waals surface area contributed by atoms with E-state index in [2.05, 4.69) is 11.8 Å². The molecule has 29 heavy (non-hydrogen) atoms. The van der Waals surface area contributed by atoms with Crippen LogP contribution >= 0.6 is 0 Å². The summed E-state index contributed by atoms with van der Waals surface area (Å²) in [5.41, 5.74) is 0.471. The van der Waals surface area contributed by atoms with Crippen LogP contribution in [-0.2, 0) is 15.8 Å². The summed E-state index contributed by atoms with van der Waals surface area (Å²) in [5, 5.41) is 0. The van der Waals surface area contributed by atoms with Gasteiger partial charge in [-0.05, 0) is 49.2 Å². The molecule has 0 aromatic heterocycles. The SMILES string of the molecule is O=C1[C@H]2CCCC[C@H]2C(=O)N1c1cccc(C#Cc2cccc(C(F)(F)F)c2)c1. The van der Waals surface area contributed by atoms with Crippen LogP contribution in [0.15, 0.2) is 48.5 Å². The predicted octanol–water partition coefficient (Wildman–Crippen LogP) is 4.78. The second-order valence-corrected chi connectivity index (χ2v) is 7.39. The predicted molar refractivity (Wildman–Crippen MR) is 102 cm³/mol. The topological polar surface area (TPSA) is 37.4 Å². The van der Waals surface area contributed by atoms with E-state index in [4.69, 9.17) is 0 Å². The number of alkyl halides is 3. The molecule has 1 saturated carbocycles. The van der Waals surface area contributed by atoms with Crippen LogP contribution in [0.3, 0.4) is 0 Å². The van der Waals surface area contributed by atoms with Crippen molar-refractivity contribution in [3.63, 3.8) is 0 Å². The molecule has 2 amide bonds. The monoisotopic (exact) mass is 397 g/mol. The average Bonchev–Trinajstić information content (AvgIpc) is 2.97. The molecule has 1 aliphatic heterocycles. The number of amides is 2. The molecule has 4 rings (SSSR count). The fraction of sp³-hybridized carbons (Fsp3) is 0.304. The molecule has 0 unspecified atom stereocenters. The summed E-state index contributed by atoms with van der Waals surface area (Å²) in [6, 6.07) is 11.5. The van der Waals surface area contributed by atoms with Crippen molar-refractivity contribution in [1.82, 2.24) is 0 Å². The van der Waals surface area contributed by atoms with Gasteiger partial charge in [0.05, 0.1) is 23.1 Å². The van der Waals surface area contributed by atoms with Crippen molar-refractivity contribution >= 4 is 17.5 Å². The van der Waals surface area contributed by atoms with Crippen molar-refractivity contribution in [3.05, 3.63) is 65.2 Å². The summed E-state index contributed by atoms with van der Waals surface area (Å²) in [4.78, 5) is 26.7. The molecule has 0 radical (unpaired) electrons. The number of hydrogen-bond acceptors (Lipinski definition) is 2. The third-order valence-electron chi connectivity index (χ3n) is 5.49. The van der Waals surface area contributed by atoms with Crippen molar-refractivity contribution in [2.75, 3.05) is 4.90 Å². The number of carbonyl (C=O) groups is 2. The molecule has 6 heteroatoms. The summed E-state index contributed by atoms with van der Waals surface area (Å²) < 4.78 is 38.5. The second-order valence-electron chi connectivity index (χ2n) is 7.39. The van der Waals surface area contributed by atoms with E-state index in [0.717, 1.165) is 37.8 Å². The first-order chi connectivity index (χ1) is 13.8. The molecular formula is C23H18F3NO2. The van der Waals surface area contributed by atoms with E-state index in [0.29, 0.717) is 11.3 Å². The van der Waals surface area contributed by atoms with Crippen LogP contribution in [0, 0.1) is 23.7 Å². The zero-order chi connectivity index (χ0) is 20.6. The maximum atomic E-state index is 12.8. The minimum Gasteiger partial charge on any atom is -0.274 e. The molecule has 2 fully saturated rings. The molecular weight excluding hydrogens is 379 g/mol. The summed E-state index contributed by atoms with van der Waals surface area (Å²) in [6.07, 6.45) is -1.04. The molecule has 2 atom stereocenters. The van der Waals surface area contributed by atoms with Crippen LogP contribution in [0.25, 0.3) is 0 Å². The highest BCUT2D eigenvalue weighted by atomic mass is 19.4. The quantitative estimate of drug-likeness (QED) is 0.513. The Kier molecular flexibility index (Phi) is 4.91. The smallest absolute Gasteiger partial charge is 0.274 e. The van der Waals surface area contributed by atoms with Crippen LogP contribution in [0.4, 0.5) is 18.9 Å². The van der Waals surface area contributed by atoms with Crippen LogP contribution in [0.5, 0.6) is 0 Å². The average molecular weight is 397 g/mol. The lowest BCUT2D eigenvalue weighted by Crippen LogP contribution is -2.30. The fourth-order valence-electron chi connectivity index (χ4n) is 4.06. The highest BCUT2D eigenvalue weighted by Gasteiger charge is 2.48. The van der Waals surface area contributed by atoms with E-state index in [1.54, 1.807) is 24.3 Å². The number of halogens is 3. The number of imide groups is 1. The zero-order valence-corrected chi connectivity index (χ0v) is 15.5. The van der Waals surface area contributed by atoms with Crippen LogP contribution in [0.2, 0.25) is 0 Å². The number of hydrogen-bond donors (Lipinski definition) is 0. The Hall–Kier alpha value is -3.07. The Labute approximate surface area is 166 Å². The Morgan fingerprint density at radius 2 is 1.38 bits per heavy atom. The maximum absolute atomic E-state index is 12.8. The lowest BCUT2D eigenvalue weighted by Gasteiger charge is -2.19. The van der Waals surface area contributed by atoms with Gasteiger partial charge in [-0.2, -0.15) is 13.2 Å². The number of fused-ring (bicyclic) bond motifs is 1. The molecule has 148 valence electrons. The first-order valence-electron chi connectivity index (χ1n) is 9.52. The maximum Gasteiger partial charge on any atom is 0.416 e. The van der Waals surface area contributed by atoms with Gasteiger partial charge in [0.25, 0.3) is 0 Å². The van der Waals surface area contributed by atoms with E-state index >= 15 is 0 Å². The third-order valence-corrected chi connectivity index (χ3v) is 5.49. The van der Waals surface area contributed by atoms with Crippen molar-refractivity contribution < 1.29 is 22.8 Å². The van der Waals surface area contributed by atoms with Gasteiger partial charge in [-0.1, -0.05) is 36.8 Å². The van der Waals surface area contributed by atoms with Gasteiger partial charge in [-0.25, -0.2) is 0 Å². The van der Waals surface area contributed by atoms with Crippen molar-refractivity contribution in [2.45, 2.75) is 31.9 Å². The normalized spacial score (nSPS) is 21.6. The van der Waals surface area contributed by atoms with Crippen LogP contribution in [-0.4, -0.2) is 11.8 Å². The van der Waals surface area contributed by atoms with Gasteiger partial charge in [0, 0.05) is 11.1 Å². The Balaban J connectivity index is 1.60. The lowest BCUT2D eigenvalue weighted by atomic mass is 9.81. The number of carbonyl (C=O) groups excluding carboxylic acids is 2. The van der Waals surface area contributed by atoms with E-state index in [1.807, 2.05) is 0 Å². The Morgan fingerprint density at radius 1 is 0.828 bits per heavy atom. The van der Waals surface area contributed by atoms with E-state index < -0.39 is 11.7 Å². The fourth-order valence-corrected chi connectivity index (χ4v) is 4.06. The Bertz CT molecular complexity index is 1010. The summed E-state index contributed by atoms with van der Waals surface area (Å²) >= 11 is 0. The minimum atomic E-state index is -4.43. The molecule has 0 bridgehead atoms. The highest BCUT2D eigenvalue weighted by molar-refractivity contribution is 6.22. The molecule has 1 aliphatic carbocycles. The number of rotatable bonds is 1. The number of anilines is 1. The van der Waals surface area contributed by atoms with Gasteiger partial charge < -0.3 is 0 Å². The van der Waals surface area contributed by atoms with Crippen LogP contribution in [0.1, 0.15) is 42.4 Å². The van der Waals surface area contributed by atoms with Gasteiger partial charge in [-0.15, -0.1) is 0 Å². The zero-order valence-electron chi connectivity index (χ0n) is 15.5. The largest absolute Gasteiger partial charge is 0.416 e.